The molecule has 14 heavy (non-hydrogen) atoms. The summed E-state index contributed by atoms with van der Waals surface area (Å²) in [6, 6.07) is 3.87. The number of aliphatic hydroxyl groups is 1. The van der Waals surface area contributed by atoms with Gasteiger partial charge in [0.05, 0.1) is 12.1 Å². The third-order valence-electron chi connectivity index (χ3n) is 2.69. The second-order valence-corrected chi connectivity index (χ2v) is 3.89. The number of aryl methyl sites for hydroxylation is 2. The maximum absolute atomic E-state index is 9.12. The molecule has 2 nitrogen and oxygen atoms in total. The summed E-state index contributed by atoms with van der Waals surface area (Å²) in [7, 11) is 0. The fraction of sp³-hybridized carbons (Fsp3) is 0.273. The molecule has 0 saturated carbocycles. The van der Waals surface area contributed by atoms with E-state index in [4.69, 9.17) is 16.7 Å². The fourth-order valence-electron chi connectivity index (χ4n) is 1.73. The number of aromatic amines is 1. The molecule has 1 aromatic carbocycles. The van der Waals surface area contributed by atoms with Gasteiger partial charge in [-0.2, -0.15) is 0 Å². The fourth-order valence-corrected chi connectivity index (χ4v) is 1.88. The highest BCUT2D eigenvalue weighted by atomic mass is 35.5. The van der Waals surface area contributed by atoms with E-state index >= 15 is 0 Å². The van der Waals surface area contributed by atoms with Crippen LogP contribution in [0.3, 0.4) is 0 Å². The van der Waals surface area contributed by atoms with E-state index in [1.807, 2.05) is 26.0 Å². The Bertz CT molecular complexity index is 487. The molecule has 2 rings (SSSR count). The highest BCUT2D eigenvalue weighted by Gasteiger charge is 2.09. The highest BCUT2D eigenvalue weighted by molar-refractivity contribution is 6.32. The van der Waals surface area contributed by atoms with Crippen molar-refractivity contribution in [3.63, 3.8) is 0 Å². The Morgan fingerprint density at radius 3 is 2.64 bits per heavy atom. The SMILES string of the molecule is Cc1c(CO)[nH]c2c(C)c(Cl)ccc12. The predicted molar refractivity (Wildman–Crippen MR) is 58.7 cm³/mol. The summed E-state index contributed by atoms with van der Waals surface area (Å²) >= 11 is 6.01. The van der Waals surface area contributed by atoms with E-state index < -0.39 is 0 Å². The molecule has 74 valence electrons. The Hall–Kier alpha value is -0.990. The minimum Gasteiger partial charge on any atom is -0.390 e. The maximum atomic E-state index is 9.12. The van der Waals surface area contributed by atoms with Crippen LogP contribution >= 0.6 is 11.6 Å². The van der Waals surface area contributed by atoms with Crippen LogP contribution in [0.5, 0.6) is 0 Å². The Labute approximate surface area is 87.5 Å². The summed E-state index contributed by atoms with van der Waals surface area (Å²) in [6.45, 7) is 4.01. The van der Waals surface area contributed by atoms with Crippen LogP contribution in [0, 0.1) is 13.8 Å². The molecule has 0 spiro atoms. The van der Waals surface area contributed by atoms with Crippen LogP contribution in [0.2, 0.25) is 5.02 Å². The maximum Gasteiger partial charge on any atom is 0.0833 e. The van der Waals surface area contributed by atoms with Crippen LogP contribution in [0.4, 0.5) is 0 Å². The molecular weight excluding hydrogens is 198 g/mol. The van der Waals surface area contributed by atoms with Gasteiger partial charge in [-0.25, -0.2) is 0 Å². The van der Waals surface area contributed by atoms with E-state index in [9.17, 15) is 0 Å². The first-order chi connectivity index (χ1) is 6.65. The Balaban J connectivity index is 2.85. The highest BCUT2D eigenvalue weighted by Crippen LogP contribution is 2.28. The smallest absolute Gasteiger partial charge is 0.0833 e. The van der Waals surface area contributed by atoms with E-state index in [1.165, 1.54) is 0 Å². The number of rotatable bonds is 1. The Morgan fingerprint density at radius 2 is 2.00 bits per heavy atom. The third kappa shape index (κ3) is 1.22. The summed E-state index contributed by atoms with van der Waals surface area (Å²) in [5, 5.41) is 11.0. The van der Waals surface area contributed by atoms with Gasteiger partial charge in [-0.1, -0.05) is 17.7 Å². The van der Waals surface area contributed by atoms with E-state index in [0.29, 0.717) is 0 Å². The average molecular weight is 210 g/mol. The second-order valence-electron chi connectivity index (χ2n) is 3.48. The van der Waals surface area contributed by atoms with Crippen molar-refractivity contribution in [3.05, 3.63) is 34.0 Å². The van der Waals surface area contributed by atoms with Gasteiger partial charge in [0, 0.05) is 16.1 Å². The summed E-state index contributed by atoms with van der Waals surface area (Å²) < 4.78 is 0. The van der Waals surface area contributed by atoms with Crippen molar-refractivity contribution >= 4 is 22.5 Å². The lowest BCUT2D eigenvalue weighted by Gasteiger charge is -1.98. The number of hydrogen-bond donors (Lipinski definition) is 2. The summed E-state index contributed by atoms with van der Waals surface area (Å²) in [4.78, 5) is 3.19. The molecule has 0 aliphatic rings. The summed E-state index contributed by atoms with van der Waals surface area (Å²) in [5.74, 6) is 0. The number of aromatic nitrogens is 1. The van der Waals surface area contributed by atoms with Gasteiger partial charge in [-0.3, -0.25) is 0 Å². The predicted octanol–water partition coefficient (Wildman–Crippen LogP) is 2.93. The summed E-state index contributed by atoms with van der Waals surface area (Å²) in [6.07, 6.45) is 0. The van der Waals surface area contributed by atoms with E-state index in [-0.39, 0.29) is 6.61 Å². The van der Waals surface area contributed by atoms with Gasteiger partial charge >= 0.3 is 0 Å². The molecule has 0 bridgehead atoms. The molecule has 3 heteroatoms. The second kappa shape index (κ2) is 3.30. The van der Waals surface area contributed by atoms with Crippen molar-refractivity contribution in [1.29, 1.82) is 0 Å². The molecular formula is C11H12ClNO. The van der Waals surface area contributed by atoms with Gasteiger partial charge in [0.2, 0.25) is 0 Å². The number of H-pyrrole nitrogens is 1. The topological polar surface area (TPSA) is 36.0 Å². The molecule has 1 aromatic heterocycles. The molecule has 0 aliphatic carbocycles. The van der Waals surface area contributed by atoms with Gasteiger partial charge in [-0.15, -0.1) is 0 Å². The lowest BCUT2D eigenvalue weighted by Crippen LogP contribution is -1.84. The van der Waals surface area contributed by atoms with Crippen molar-refractivity contribution in [3.8, 4) is 0 Å². The zero-order valence-corrected chi connectivity index (χ0v) is 8.94. The summed E-state index contributed by atoms with van der Waals surface area (Å²) in [5.41, 5.74) is 4.03. The molecule has 0 atom stereocenters. The normalized spacial score (nSPS) is 11.1. The van der Waals surface area contributed by atoms with Crippen molar-refractivity contribution in [2.45, 2.75) is 20.5 Å². The third-order valence-corrected chi connectivity index (χ3v) is 3.10. The molecule has 1 heterocycles. The molecule has 0 saturated heterocycles. The molecule has 0 unspecified atom stereocenters. The van der Waals surface area contributed by atoms with Crippen LogP contribution in [-0.2, 0) is 6.61 Å². The van der Waals surface area contributed by atoms with Crippen LogP contribution in [0.1, 0.15) is 16.8 Å². The van der Waals surface area contributed by atoms with Gasteiger partial charge < -0.3 is 10.1 Å². The Kier molecular flexibility index (Phi) is 2.25. The molecule has 2 aromatic rings. The largest absolute Gasteiger partial charge is 0.390 e. The van der Waals surface area contributed by atoms with Crippen molar-refractivity contribution in [2.75, 3.05) is 0 Å². The minimum absolute atomic E-state index is 0.0393. The van der Waals surface area contributed by atoms with Gasteiger partial charge in [0.15, 0.2) is 0 Å². The first-order valence-corrected chi connectivity index (χ1v) is 4.90. The standard InChI is InChI=1S/C11H12ClNO/c1-6-8-3-4-9(12)7(2)11(8)13-10(6)5-14/h3-4,13-14H,5H2,1-2H3. The van der Waals surface area contributed by atoms with Crippen LogP contribution in [0.15, 0.2) is 12.1 Å². The zero-order chi connectivity index (χ0) is 10.3. The van der Waals surface area contributed by atoms with Crippen LogP contribution in [-0.4, -0.2) is 10.1 Å². The number of benzene rings is 1. The lowest BCUT2D eigenvalue weighted by molar-refractivity contribution is 0.277. The first-order valence-electron chi connectivity index (χ1n) is 4.52. The van der Waals surface area contributed by atoms with Crippen LogP contribution in [0.25, 0.3) is 10.9 Å². The van der Waals surface area contributed by atoms with Crippen molar-refractivity contribution < 1.29 is 5.11 Å². The van der Waals surface area contributed by atoms with E-state index in [2.05, 4.69) is 4.98 Å². The van der Waals surface area contributed by atoms with Crippen molar-refractivity contribution in [2.24, 2.45) is 0 Å². The molecule has 0 aliphatic heterocycles. The average Bonchev–Trinajstić information content (AvgIpc) is 2.50. The molecule has 0 radical (unpaired) electrons. The van der Waals surface area contributed by atoms with E-state index in [1.54, 1.807) is 0 Å². The quantitative estimate of drug-likeness (QED) is 0.745. The number of halogens is 1. The van der Waals surface area contributed by atoms with E-state index in [0.717, 1.165) is 32.7 Å². The molecule has 0 fully saturated rings. The number of nitrogens with one attached hydrogen (secondary N) is 1. The van der Waals surface area contributed by atoms with Gasteiger partial charge in [-0.05, 0) is 31.0 Å². The minimum atomic E-state index is 0.0393. The Morgan fingerprint density at radius 1 is 1.29 bits per heavy atom. The first kappa shape index (κ1) is 9.56. The number of aliphatic hydroxyl groups excluding tert-OH is 1. The van der Waals surface area contributed by atoms with Crippen LogP contribution < -0.4 is 0 Å². The zero-order valence-electron chi connectivity index (χ0n) is 8.19. The monoisotopic (exact) mass is 209 g/mol. The number of fused-ring (bicyclic) bond motifs is 1. The molecule has 2 N–H and O–H groups in total. The lowest BCUT2D eigenvalue weighted by atomic mass is 10.1. The van der Waals surface area contributed by atoms with Gasteiger partial charge in [0.1, 0.15) is 0 Å². The van der Waals surface area contributed by atoms with Gasteiger partial charge in [0.25, 0.3) is 0 Å². The molecule has 0 amide bonds. The number of hydrogen-bond acceptors (Lipinski definition) is 1. The van der Waals surface area contributed by atoms with Crippen molar-refractivity contribution in [1.82, 2.24) is 4.98 Å².